The van der Waals surface area contributed by atoms with Crippen LogP contribution in [0.5, 0.6) is 0 Å². The summed E-state index contributed by atoms with van der Waals surface area (Å²) < 4.78 is 39.6. The van der Waals surface area contributed by atoms with Crippen LogP contribution >= 0.6 is 0 Å². The van der Waals surface area contributed by atoms with Gasteiger partial charge in [-0.25, -0.2) is 4.98 Å². The third-order valence-electron chi connectivity index (χ3n) is 3.69. The minimum Gasteiger partial charge on any atom is -0.347 e. The number of carbonyl (C=O) groups excluding carboxylic acids is 1. The zero-order chi connectivity index (χ0) is 18.0. The largest absolute Gasteiger partial charge is 0.451 e. The van der Waals surface area contributed by atoms with Crippen molar-refractivity contribution in [3.05, 3.63) is 35.5 Å². The summed E-state index contributed by atoms with van der Waals surface area (Å²) in [4.78, 5) is 17.7. The van der Waals surface area contributed by atoms with E-state index in [0.717, 1.165) is 4.57 Å². The fraction of sp³-hybridized carbons (Fsp3) is 0.333. The van der Waals surface area contributed by atoms with Crippen LogP contribution < -0.4 is 10.2 Å². The molecule has 2 aromatic heterocycles. The minimum atomic E-state index is -4.53. The summed E-state index contributed by atoms with van der Waals surface area (Å²) in [5.74, 6) is 1.72. The van der Waals surface area contributed by atoms with E-state index < -0.39 is 12.0 Å². The molecule has 3 rings (SSSR count). The second-order valence-corrected chi connectivity index (χ2v) is 5.30. The topological polar surface area (TPSA) is 75.9 Å². The Balaban J connectivity index is 1.73. The fourth-order valence-corrected chi connectivity index (χ4v) is 2.50. The van der Waals surface area contributed by atoms with Gasteiger partial charge in [0.2, 0.25) is 5.82 Å². The van der Waals surface area contributed by atoms with E-state index in [1.165, 1.54) is 6.20 Å². The van der Waals surface area contributed by atoms with Crippen molar-refractivity contribution in [2.45, 2.75) is 19.3 Å². The van der Waals surface area contributed by atoms with Crippen LogP contribution in [0.3, 0.4) is 0 Å². The van der Waals surface area contributed by atoms with Crippen molar-refractivity contribution in [2.75, 3.05) is 18.0 Å². The first-order chi connectivity index (χ1) is 11.9. The number of anilines is 1. The third-order valence-corrected chi connectivity index (χ3v) is 3.69. The number of hydrogen-bond donors (Lipinski definition) is 1. The van der Waals surface area contributed by atoms with Crippen LogP contribution in [0.2, 0.25) is 0 Å². The summed E-state index contributed by atoms with van der Waals surface area (Å²) >= 11 is 0. The van der Waals surface area contributed by atoms with Gasteiger partial charge in [0, 0.05) is 19.3 Å². The first-order valence-electron chi connectivity index (χ1n) is 7.32. The molecule has 0 radical (unpaired) electrons. The zero-order valence-electron chi connectivity index (χ0n) is 12.9. The van der Waals surface area contributed by atoms with Crippen molar-refractivity contribution in [1.29, 1.82) is 0 Å². The highest BCUT2D eigenvalue weighted by atomic mass is 19.4. The molecule has 1 aliphatic rings. The summed E-state index contributed by atoms with van der Waals surface area (Å²) in [7, 11) is 0. The van der Waals surface area contributed by atoms with Crippen molar-refractivity contribution in [1.82, 2.24) is 25.1 Å². The SMILES string of the molecule is C#CCNC(=O)c1ccc(N2CCn3c(nnc3C(F)(F)F)C2)nc1. The molecule has 25 heavy (non-hydrogen) atoms. The monoisotopic (exact) mass is 350 g/mol. The molecule has 1 aliphatic heterocycles. The van der Waals surface area contributed by atoms with Gasteiger partial charge in [-0.05, 0) is 12.1 Å². The highest BCUT2D eigenvalue weighted by Crippen LogP contribution is 2.30. The molecule has 1 N–H and O–H groups in total. The first kappa shape index (κ1) is 16.8. The lowest BCUT2D eigenvalue weighted by atomic mass is 10.2. The molecule has 3 heterocycles. The number of hydrogen-bond acceptors (Lipinski definition) is 5. The fourth-order valence-electron chi connectivity index (χ4n) is 2.50. The summed E-state index contributed by atoms with van der Waals surface area (Å²) in [5.41, 5.74) is 0.346. The van der Waals surface area contributed by atoms with E-state index in [4.69, 9.17) is 6.42 Å². The van der Waals surface area contributed by atoms with Gasteiger partial charge in [0.15, 0.2) is 5.82 Å². The molecule has 0 fully saturated rings. The summed E-state index contributed by atoms with van der Waals surface area (Å²) in [5, 5.41) is 9.37. The number of fused-ring (bicyclic) bond motifs is 1. The number of amides is 1. The molecule has 0 spiro atoms. The molecule has 0 aliphatic carbocycles. The molecule has 2 aromatic rings. The van der Waals surface area contributed by atoms with E-state index in [1.807, 2.05) is 0 Å². The molecule has 0 unspecified atom stereocenters. The minimum absolute atomic E-state index is 0.100. The molecule has 0 atom stereocenters. The van der Waals surface area contributed by atoms with Crippen LogP contribution in [-0.2, 0) is 19.3 Å². The normalized spacial score (nSPS) is 13.9. The number of aromatic nitrogens is 4. The van der Waals surface area contributed by atoms with E-state index in [-0.39, 0.29) is 31.4 Å². The van der Waals surface area contributed by atoms with E-state index in [1.54, 1.807) is 17.0 Å². The number of rotatable bonds is 3. The standard InChI is InChI=1S/C15H13F3N6O/c1-2-5-19-13(25)10-3-4-11(20-8-10)23-6-7-24-12(9-23)21-22-14(24)15(16,17)18/h1,3-4,8H,5-7,9H2,(H,19,25). The summed E-state index contributed by atoms with van der Waals surface area (Å²) in [6.45, 7) is 0.690. The van der Waals surface area contributed by atoms with Crippen LogP contribution in [0.25, 0.3) is 0 Å². The van der Waals surface area contributed by atoms with Gasteiger partial charge in [0.1, 0.15) is 5.82 Å². The van der Waals surface area contributed by atoms with Crippen molar-refractivity contribution in [3.63, 3.8) is 0 Å². The van der Waals surface area contributed by atoms with Gasteiger partial charge in [-0.2, -0.15) is 13.2 Å². The Morgan fingerprint density at radius 2 is 2.12 bits per heavy atom. The summed E-state index contributed by atoms with van der Waals surface area (Å²) in [6.07, 6.45) is 1.94. The molecule has 0 saturated carbocycles. The lowest BCUT2D eigenvalue weighted by Crippen LogP contribution is -2.35. The van der Waals surface area contributed by atoms with Crippen LogP contribution in [-0.4, -0.2) is 38.7 Å². The number of halogens is 3. The molecular weight excluding hydrogens is 337 g/mol. The average molecular weight is 350 g/mol. The summed E-state index contributed by atoms with van der Waals surface area (Å²) in [6, 6.07) is 3.20. The molecule has 0 saturated heterocycles. The molecular formula is C15H13F3N6O. The molecule has 1 amide bonds. The van der Waals surface area contributed by atoms with Crippen LogP contribution in [0.1, 0.15) is 22.0 Å². The number of pyridine rings is 1. The van der Waals surface area contributed by atoms with E-state index in [9.17, 15) is 18.0 Å². The van der Waals surface area contributed by atoms with E-state index in [0.29, 0.717) is 17.9 Å². The maximum atomic E-state index is 12.8. The number of alkyl halides is 3. The average Bonchev–Trinajstić information content (AvgIpc) is 3.03. The van der Waals surface area contributed by atoms with Gasteiger partial charge in [0.05, 0.1) is 18.7 Å². The van der Waals surface area contributed by atoms with Crippen LogP contribution in [0.4, 0.5) is 19.0 Å². The molecule has 0 aromatic carbocycles. The van der Waals surface area contributed by atoms with Gasteiger partial charge >= 0.3 is 6.18 Å². The smallest absolute Gasteiger partial charge is 0.347 e. The van der Waals surface area contributed by atoms with E-state index >= 15 is 0 Å². The van der Waals surface area contributed by atoms with Gasteiger partial charge < -0.3 is 14.8 Å². The number of nitrogens with one attached hydrogen (secondary N) is 1. The molecule has 7 nitrogen and oxygen atoms in total. The van der Waals surface area contributed by atoms with Crippen molar-refractivity contribution in [2.24, 2.45) is 0 Å². The predicted octanol–water partition coefficient (Wildman–Crippen LogP) is 1.08. The Morgan fingerprint density at radius 3 is 2.76 bits per heavy atom. The van der Waals surface area contributed by atoms with Crippen LogP contribution in [0.15, 0.2) is 18.3 Å². The van der Waals surface area contributed by atoms with Crippen molar-refractivity contribution in [3.8, 4) is 12.3 Å². The maximum Gasteiger partial charge on any atom is 0.451 e. The second-order valence-electron chi connectivity index (χ2n) is 5.30. The van der Waals surface area contributed by atoms with Gasteiger partial charge in [-0.15, -0.1) is 16.6 Å². The Morgan fingerprint density at radius 1 is 1.32 bits per heavy atom. The van der Waals surface area contributed by atoms with E-state index in [2.05, 4.69) is 26.4 Å². The van der Waals surface area contributed by atoms with Gasteiger partial charge in [-0.3, -0.25) is 4.79 Å². The molecule has 130 valence electrons. The maximum absolute atomic E-state index is 12.8. The number of carbonyl (C=O) groups is 1. The highest BCUT2D eigenvalue weighted by Gasteiger charge is 2.39. The molecule has 0 bridgehead atoms. The number of terminal acetylenes is 1. The predicted molar refractivity (Wildman–Crippen MR) is 81.5 cm³/mol. The Kier molecular flexibility index (Phi) is 4.31. The zero-order valence-corrected chi connectivity index (χ0v) is 12.9. The first-order valence-corrected chi connectivity index (χ1v) is 7.32. The van der Waals surface area contributed by atoms with Crippen molar-refractivity contribution >= 4 is 11.7 Å². The quantitative estimate of drug-likeness (QED) is 0.839. The highest BCUT2D eigenvalue weighted by molar-refractivity contribution is 5.94. The lowest BCUT2D eigenvalue weighted by molar-refractivity contribution is -0.147. The van der Waals surface area contributed by atoms with Crippen LogP contribution in [0, 0.1) is 12.3 Å². The Hall–Kier alpha value is -3.09. The van der Waals surface area contributed by atoms with Crippen molar-refractivity contribution < 1.29 is 18.0 Å². The lowest BCUT2D eigenvalue weighted by Gasteiger charge is -2.28. The number of nitrogens with zero attached hydrogens (tertiary/aromatic N) is 5. The molecule has 10 heteroatoms. The Bertz CT molecular complexity index is 821. The Labute approximate surface area is 140 Å². The van der Waals surface area contributed by atoms with Gasteiger partial charge in [0.25, 0.3) is 5.91 Å². The second kappa shape index (κ2) is 6.43. The third kappa shape index (κ3) is 3.40. The van der Waals surface area contributed by atoms with Gasteiger partial charge in [-0.1, -0.05) is 5.92 Å².